The Hall–Kier alpha value is -0.380. The maximum Gasteiger partial charge on any atom is 0.0413 e. The summed E-state index contributed by atoms with van der Waals surface area (Å²) in [5, 5.41) is 5.72. The molecule has 0 bridgehead atoms. The van der Waals surface area contributed by atoms with Crippen molar-refractivity contribution in [1.82, 2.24) is 10.2 Å². The lowest BCUT2D eigenvalue weighted by atomic mass is 10.2. The second-order valence-corrected chi connectivity index (χ2v) is 6.10. The average molecular weight is 268 g/mol. The number of likely N-dealkylation sites (N-methyl/N-ethyl adjacent to an activating group) is 1. The van der Waals surface area contributed by atoms with E-state index in [1.165, 1.54) is 24.1 Å². The van der Waals surface area contributed by atoms with E-state index in [1.807, 2.05) is 11.3 Å². The summed E-state index contributed by atoms with van der Waals surface area (Å²) < 4.78 is 0. The largest absolute Gasteiger partial charge is 0.315 e. The second-order valence-electron chi connectivity index (χ2n) is 5.12. The second kappa shape index (κ2) is 8.68. The number of hydrogen-bond donors (Lipinski definition) is 1. The molecular formula is C15H28N2S. The van der Waals surface area contributed by atoms with Crippen molar-refractivity contribution < 1.29 is 0 Å². The first kappa shape index (κ1) is 15.7. The average Bonchev–Trinajstić information content (AvgIpc) is 2.90. The van der Waals surface area contributed by atoms with Crippen LogP contribution in [0.25, 0.3) is 0 Å². The number of hydrogen-bond acceptors (Lipinski definition) is 3. The van der Waals surface area contributed by atoms with Crippen LogP contribution in [0.15, 0.2) is 17.5 Å². The minimum atomic E-state index is 0.512. The van der Waals surface area contributed by atoms with Crippen molar-refractivity contribution in [2.75, 3.05) is 20.1 Å². The molecule has 0 amide bonds. The Morgan fingerprint density at radius 3 is 2.72 bits per heavy atom. The fourth-order valence-corrected chi connectivity index (χ4v) is 2.90. The first-order valence-corrected chi connectivity index (χ1v) is 8.00. The number of nitrogens with zero attached hydrogens (tertiary/aromatic N) is 1. The Labute approximate surface area is 116 Å². The van der Waals surface area contributed by atoms with Gasteiger partial charge in [-0.25, -0.2) is 0 Å². The molecule has 0 aliphatic carbocycles. The maximum absolute atomic E-state index is 3.56. The quantitative estimate of drug-likeness (QED) is 0.683. The van der Waals surface area contributed by atoms with E-state index in [0.717, 1.165) is 13.1 Å². The zero-order valence-electron chi connectivity index (χ0n) is 12.3. The molecule has 1 aromatic rings. The fraction of sp³-hybridized carbons (Fsp3) is 0.733. The van der Waals surface area contributed by atoms with E-state index in [0.29, 0.717) is 12.1 Å². The van der Waals surface area contributed by atoms with Gasteiger partial charge >= 0.3 is 0 Å². The van der Waals surface area contributed by atoms with Crippen molar-refractivity contribution in [3.63, 3.8) is 0 Å². The zero-order valence-corrected chi connectivity index (χ0v) is 13.1. The molecule has 0 aliphatic heterocycles. The molecule has 18 heavy (non-hydrogen) atoms. The Morgan fingerprint density at radius 1 is 1.33 bits per heavy atom. The predicted molar refractivity (Wildman–Crippen MR) is 82.4 cm³/mol. The zero-order chi connectivity index (χ0) is 13.4. The minimum Gasteiger partial charge on any atom is -0.315 e. The van der Waals surface area contributed by atoms with Crippen molar-refractivity contribution in [2.45, 2.75) is 52.1 Å². The van der Waals surface area contributed by atoms with Crippen LogP contribution in [0.5, 0.6) is 0 Å². The van der Waals surface area contributed by atoms with E-state index >= 15 is 0 Å². The molecule has 0 spiro atoms. The van der Waals surface area contributed by atoms with E-state index < -0.39 is 0 Å². The van der Waals surface area contributed by atoms with Gasteiger partial charge in [0.05, 0.1) is 0 Å². The van der Waals surface area contributed by atoms with Crippen LogP contribution in [0.4, 0.5) is 0 Å². The lowest BCUT2D eigenvalue weighted by Crippen LogP contribution is -2.39. The molecule has 0 aromatic carbocycles. The van der Waals surface area contributed by atoms with Gasteiger partial charge in [0.25, 0.3) is 0 Å². The summed E-state index contributed by atoms with van der Waals surface area (Å²) in [5.74, 6) is 0. The Bertz CT molecular complexity index is 297. The summed E-state index contributed by atoms with van der Waals surface area (Å²) in [7, 11) is 2.22. The van der Waals surface area contributed by atoms with E-state index in [-0.39, 0.29) is 0 Å². The molecular weight excluding hydrogens is 240 g/mol. The van der Waals surface area contributed by atoms with Crippen molar-refractivity contribution in [1.29, 1.82) is 0 Å². The first-order chi connectivity index (χ1) is 8.66. The molecule has 2 nitrogen and oxygen atoms in total. The molecule has 104 valence electrons. The highest BCUT2D eigenvalue weighted by atomic mass is 32.1. The number of nitrogens with one attached hydrogen (secondary N) is 1. The molecule has 0 fully saturated rings. The van der Waals surface area contributed by atoms with Gasteiger partial charge in [0.2, 0.25) is 0 Å². The summed E-state index contributed by atoms with van der Waals surface area (Å²) in [4.78, 5) is 3.91. The third-order valence-electron chi connectivity index (χ3n) is 3.66. The topological polar surface area (TPSA) is 15.3 Å². The highest BCUT2D eigenvalue weighted by Gasteiger charge is 2.17. The molecule has 1 rings (SSSR count). The van der Waals surface area contributed by atoms with Crippen LogP contribution in [-0.4, -0.2) is 31.1 Å². The SMILES string of the molecule is CCCCCNCC(C)N(C)C(C)c1cccs1. The molecule has 1 N–H and O–H groups in total. The first-order valence-electron chi connectivity index (χ1n) is 7.12. The van der Waals surface area contributed by atoms with Crippen LogP contribution < -0.4 is 5.32 Å². The van der Waals surface area contributed by atoms with Crippen molar-refractivity contribution in [3.05, 3.63) is 22.4 Å². The van der Waals surface area contributed by atoms with Crippen molar-refractivity contribution in [3.8, 4) is 0 Å². The van der Waals surface area contributed by atoms with Gasteiger partial charge in [0.15, 0.2) is 0 Å². The highest BCUT2D eigenvalue weighted by Crippen LogP contribution is 2.24. The van der Waals surface area contributed by atoms with Crippen molar-refractivity contribution in [2.24, 2.45) is 0 Å². The van der Waals surface area contributed by atoms with Crippen LogP contribution in [-0.2, 0) is 0 Å². The third kappa shape index (κ3) is 5.09. The maximum atomic E-state index is 3.56. The van der Waals surface area contributed by atoms with Gasteiger partial charge in [-0.2, -0.15) is 0 Å². The van der Waals surface area contributed by atoms with Crippen molar-refractivity contribution >= 4 is 11.3 Å². The summed E-state index contributed by atoms with van der Waals surface area (Å²) in [6.45, 7) is 9.07. The summed E-state index contributed by atoms with van der Waals surface area (Å²) in [6.07, 6.45) is 3.93. The van der Waals surface area contributed by atoms with E-state index in [9.17, 15) is 0 Å². The summed E-state index contributed by atoms with van der Waals surface area (Å²) in [6, 6.07) is 5.45. The lowest BCUT2D eigenvalue weighted by molar-refractivity contribution is 0.196. The standard InChI is InChI=1S/C15H28N2S/c1-5-6-7-10-16-12-13(2)17(4)14(3)15-9-8-11-18-15/h8-9,11,13-14,16H,5-7,10,12H2,1-4H3. The van der Waals surface area contributed by atoms with Crippen LogP contribution in [0, 0.1) is 0 Å². The van der Waals surface area contributed by atoms with Gasteiger partial charge < -0.3 is 5.32 Å². The predicted octanol–water partition coefficient (Wildman–Crippen LogP) is 3.91. The third-order valence-corrected chi connectivity index (χ3v) is 4.70. The lowest BCUT2D eigenvalue weighted by Gasteiger charge is -2.30. The monoisotopic (exact) mass is 268 g/mol. The molecule has 3 heteroatoms. The summed E-state index contributed by atoms with van der Waals surface area (Å²) in [5.41, 5.74) is 0. The highest BCUT2D eigenvalue weighted by molar-refractivity contribution is 7.10. The smallest absolute Gasteiger partial charge is 0.0413 e. The molecule has 0 aliphatic rings. The Balaban J connectivity index is 2.26. The number of unbranched alkanes of at least 4 members (excludes halogenated alkanes) is 2. The van der Waals surface area contributed by atoms with E-state index in [4.69, 9.17) is 0 Å². The van der Waals surface area contributed by atoms with Gasteiger partial charge in [0.1, 0.15) is 0 Å². The number of thiophene rings is 1. The number of rotatable bonds is 9. The van der Waals surface area contributed by atoms with Gasteiger partial charge in [-0.15, -0.1) is 11.3 Å². The van der Waals surface area contributed by atoms with Gasteiger partial charge in [-0.3, -0.25) is 4.90 Å². The van der Waals surface area contributed by atoms with E-state index in [1.54, 1.807) is 0 Å². The molecule has 0 saturated heterocycles. The van der Waals surface area contributed by atoms with Crippen LogP contribution in [0.2, 0.25) is 0 Å². The minimum absolute atomic E-state index is 0.512. The normalized spacial score (nSPS) is 14.9. The van der Waals surface area contributed by atoms with Crippen LogP contribution in [0.3, 0.4) is 0 Å². The summed E-state index contributed by atoms with van der Waals surface area (Å²) >= 11 is 1.85. The van der Waals surface area contributed by atoms with Gasteiger partial charge in [-0.05, 0) is 45.3 Å². The molecule has 0 saturated carbocycles. The van der Waals surface area contributed by atoms with Gasteiger partial charge in [-0.1, -0.05) is 25.8 Å². The molecule has 0 radical (unpaired) electrons. The van der Waals surface area contributed by atoms with Crippen LogP contribution in [0.1, 0.15) is 51.0 Å². The Morgan fingerprint density at radius 2 is 2.11 bits per heavy atom. The molecule has 2 unspecified atom stereocenters. The molecule has 1 aromatic heterocycles. The fourth-order valence-electron chi connectivity index (χ4n) is 2.07. The van der Waals surface area contributed by atoms with E-state index in [2.05, 4.69) is 55.5 Å². The molecule has 1 heterocycles. The molecule has 2 atom stereocenters. The van der Waals surface area contributed by atoms with Crippen LogP contribution >= 0.6 is 11.3 Å². The van der Waals surface area contributed by atoms with Gasteiger partial charge in [0, 0.05) is 23.5 Å². The Kier molecular flexibility index (Phi) is 7.56.